The van der Waals surface area contributed by atoms with Crippen molar-refractivity contribution in [3.63, 3.8) is 0 Å². The molecule has 19 heavy (non-hydrogen) atoms. The lowest BCUT2D eigenvalue weighted by atomic mass is 9.68. The van der Waals surface area contributed by atoms with Crippen LogP contribution in [0.25, 0.3) is 0 Å². The van der Waals surface area contributed by atoms with Crippen molar-refractivity contribution in [2.75, 3.05) is 13.2 Å². The van der Waals surface area contributed by atoms with E-state index in [0.29, 0.717) is 18.9 Å². The summed E-state index contributed by atoms with van der Waals surface area (Å²) in [7, 11) is 0. The molecule has 0 aromatic carbocycles. The van der Waals surface area contributed by atoms with Crippen molar-refractivity contribution in [1.29, 1.82) is 0 Å². The van der Waals surface area contributed by atoms with E-state index in [9.17, 15) is 9.90 Å². The highest BCUT2D eigenvalue weighted by molar-refractivity contribution is 5.94. The summed E-state index contributed by atoms with van der Waals surface area (Å²) in [6.45, 7) is 10.6. The molecule has 0 heterocycles. The van der Waals surface area contributed by atoms with E-state index >= 15 is 0 Å². The smallest absolute Gasteiger partial charge is 0.327 e. The molecule has 1 fully saturated rings. The molecule has 0 saturated heterocycles. The second-order valence-electron chi connectivity index (χ2n) is 6.65. The molecule has 0 spiro atoms. The fourth-order valence-corrected chi connectivity index (χ4v) is 2.50. The maximum absolute atomic E-state index is 11.4. The maximum atomic E-state index is 11.4. The third-order valence-corrected chi connectivity index (χ3v) is 3.97. The lowest BCUT2D eigenvalue weighted by Gasteiger charge is -2.40. The Morgan fingerprint density at radius 3 is 2.68 bits per heavy atom. The van der Waals surface area contributed by atoms with Crippen LogP contribution in [0.1, 0.15) is 53.9 Å². The number of aliphatic hydroxyl groups is 1. The predicted octanol–water partition coefficient (Wildman–Crippen LogP) is 2.59. The fourth-order valence-electron chi connectivity index (χ4n) is 2.50. The number of carbonyl (C=O) groups is 1. The first kappa shape index (κ1) is 16.2. The Morgan fingerprint density at radius 1 is 1.53 bits per heavy atom. The first-order valence-electron chi connectivity index (χ1n) is 7.08. The van der Waals surface area contributed by atoms with Gasteiger partial charge >= 0.3 is 5.97 Å². The molecule has 4 heteroatoms. The molecular weight excluding hydrogens is 242 g/mol. The van der Waals surface area contributed by atoms with Gasteiger partial charge in [0, 0.05) is 5.71 Å². The van der Waals surface area contributed by atoms with Crippen LogP contribution in [0.15, 0.2) is 4.99 Å². The number of aliphatic imine (C=N–C) groups is 1. The van der Waals surface area contributed by atoms with Gasteiger partial charge in [-0.2, -0.15) is 0 Å². The highest BCUT2D eigenvalue weighted by atomic mass is 16.5. The Morgan fingerprint density at radius 2 is 2.16 bits per heavy atom. The van der Waals surface area contributed by atoms with Crippen LogP contribution >= 0.6 is 0 Å². The molecule has 1 aliphatic carbocycles. The predicted molar refractivity (Wildman–Crippen MR) is 76.4 cm³/mol. The van der Waals surface area contributed by atoms with E-state index in [1.54, 1.807) is 13.8 Å². The number of nitrogens with zero attached hydrogens (tertiary/aromatic N) is 1. The minimum atomic E-state index is -0.881. The summed E-state index contributed by atoms with van der Waals surface area (Å²) in [5, 5.41) is 10.4. The van der Waals surface area contributed by atoms with Crippen molar-refractivity contribution in [3.05, 3.63) is 0 Å². The van der Waals surface area contributed by atoms with Crippen LogP contribution in [-0.4, -0.2) is 35.5 Å². The monoisotopic (exact) mass is 269 g/mol. The Balaban J connectivity index is 2.76. The third-order valence-electron chi connectivity index (χ3n) is 3.97. The summed E-state index contributed by atoms with van der Waals surface area (Å²) in [6, 6.07) is 0. The molecule has 4 nitrogen and oxygen atoms in total. The van der Waals surface area contributed by atoms with Crippen LogP contribution in [0.4, 0.5) is 0 Å². The van der Waals surface area contributed by atoms with Crippen molar-refractivity contribution < 1.29 is 14.6 Å². The van der Waals surface area contributed by atoms with E-state index < -0.39 is 5.60 Å². The van der Waals surface area contributed by atoms with Gasteiger partial charge in [-0.1, -0.05) is 20.8 Å². The van der Waals surface area contributed by atoms with Gasteiger partial charge in [0.15, 0.2) is 0 Å². The van der Waals surface area contributed by atoms with E-state index in [4.69, 9.17) is 4.74 Å². The van der Waals surface area contributed by atoms with E-state index in [2.05, 4.69) is 25.8 Å². The molecule has 0 aromatic rings. The number of carbonyl (C=O) groups excluding carboxylic acids is 1. The van der Waals surface area contributed by atoms with Crippen LogP contribution < -0.4 is 0 Å². The second kappa shape index (κ2) is 6.04. The number of esters is 1. The average Bonchev–Trinajstić information content (AvgIpc) is 2.25. The standard InChI is InChI=1S/C15H27NO3/c1-6-19-13(17)10-16-12-9-11(14(2,3)4)7-8-15(12,5)18/h11,18H,6-10H2,1-5H3/b16-12+/t11-,15-/m0/s1. The summed E-state index contributed by atoms with van der Waals surface area (Å²) >= 11 is 0. The van der Waals surface area contributed by atoms with Gasteiger partial charge in [-0.15, -0.1) is 0 Å². The Bertz CT molecular complexity index is 353. The number of hydrogen-bond acceptors (Lipinski definition) is 4. The molecule has 0 bridgehead atoms. The molecule has 0 aliphatic heterocycles. The average molecular weight is 269 g/mol. The topological polar surface area (TPSA) is 58.9 Å². The summed E-state index contributed by atoms with van der Waals surface area (Å²) < 4.78 is 4.87. The Labute approximate surface area is 116 Å². The third kappa shape index (κ3) is 4.60. The Hall–Kier alpha value is -0.900. The van der Waals surface area contributed by atoms with Crippen molar-refractivity contribution >= 4 is 11.7 Å². The first-order valence-corrected chi connectivity index (χ1v) is 7.08. The molecule has 1 aliphatic rings. The minimum absolute atomic E-state index is 0.0101. The minimum Gasteiger partial charge on any atom is -0.465 e. The van der Waals surface area contributed by atoms with Crippen molar-refractivity contribution in [2.45, 2.75) is 59.5 Å². The number of rotatable bonds is 3. The van der Waals surface area contributed by atoms with Crippen LogP contribution in [0.2, 0.25) is 0 Å². The maximum Gasteiger partial charge on any atom is 0.327 e. The molecule has 0 radical (unpaired) electrons. The zero-order valence-electron chi connectivity index (χ0n) is 12.8. The van der Waals surface area contributed by atoms with Gasteiger partial charge in [0.1, 0.15) is 6.54 Å². The van der Waals surface area contributed by atoms with Gasteiger partial charge in [-0.3, -0.25) is 9.79 Å². The normalized spacial score (nSPS) is 30.4. The first-order chi connectivity index (χ1) is 8.66. The molecule has 0 aromatic heterocycles. The van der Waals surface area contributed by atoms with Gasteiger partial charge in [0.25, 0.3) is 0 Å². The van der Waals surface area contributed by atoms with Crippen LogP contribution in [0, 0.1) is 11.3 Å². The van der Waals surface area contributed by atoms with Gasteiger partial charge in [-0.05, 0) is 44.4 Å². The number of hydrogen-bond donors (Lipinski definition) is 1. The SMILES string of the molecule is CCOC(=O)C/N=C1\C[C@@H](C(C)(C)C)CC[C@]1(C)O. The molecule has 0 amide bonds. The molecular formula is C15H27NO3. The highest BCUT2D eigenvalue weighted by Gasteiger charge is 2.39. The van der Waals surface area contributed by atoms with Gasteiger partial charge < -0.3 is 9.84 Å². The lowest BCUT2D eigenvalue weighted by Crippen LogP contribution is -2.44. The zero-order valence-corrected chi connectivity index (χ0v) is 12.8. The van der Waals surface area contributed by atoms with Crippen LogP contribution in [-0.2, 0) is 9.53 Å². The van der Waals surface area contributed by atoms with E-state index in [0.717, 1.165) is 18.6 Å². The van der Waals surface area contributed by atoms with Crippen molar-refractivity contribution in [2.24, 2.45) is 16.3 Å². The summed E-state index contributed by atoms with van der Waals surface area (Å²) in [5.41, 5.74) is 0.0573. The molecule has 0 unspecified atom stereocenters. The van der Waals surface area contributed by atoms with Crippen molar-refractivity contribution in [3.8, 4) is 0 Å². The van der Waals surface area contributed by atoms with Gasteiger partial charge in [-0.25, -0.2) is 0 Å². The molecule has 2 atom stereocenters. The summed E-state index contributed by atoms with van der Waals surface area (Å²) in [4.78, 5) is 15.7. The van der Waals surface area contributed by atoms with E-state index in [1.807, 2.05) is 0 Å². The number of ether oxygens (including phenoxy) is 1. The van der Waals surface area contributed by atoms with Gasteiger partial charge in [0.05, 0.1) is 12.2 Å². The van der Waals surface area contributed by atoms with Crippen LogP contribution in [0.5, 0.6) is 0 Å². The summed E-state index contributed by atoms with van der Waals surface area (Å²) in [6.07, 6.45) is 2.46. The summed E-state index contributed by atoms with van der Waals surface area (Å²) in [5.74, 6) is 0.164. The molecule has 1 rings (SSSR count). The van der Waals surface area contributed by atoms with E-state index in [-0.39, 0.29) is 17.9 Å². The largest absolute Gasteiger partial charge is 0.465 e. The molecule has 1 N–H and O–H groups in total. The van der Waals surface area contributed by atoms with E-state index in [1.165, 1.54) is 0 Å². The highest BCUT2D eigenvalue weighted by Crippen LogP contribution is 2.40. The second-order valence-corrected chi connectivity index (χ2v) is 6.65. The van der Waals surface area contributed by atoms with Crippen molar-refractivity contribution in [1.82, 2.24) is 0 Å². The fraction of sp³-hybridized carbons (Fsp3) is 0.867. The molecule has 110 valence electrons. The molecule has 1 saturated carbocycles. The zero-order chi connectivity index (χ0) is 14.7. The van der Waals surface area contributed by atoms with Crippen LogP contribution in [0.3, 0.4) is 0 Å². The quantitative estimate of drug-likeness (QED) is 0.801. The lowest BCUT2D eigenvalue weighted by molar-refractivity contribution is -0.141. The Kier molecular flexibility index (Phi) is 5.13. The van der Waals surface area contributed by atoms with Gasteiger partial charge in [0.2, 0.25) is 0 Å².